The number of ether oxygens (including phenoxy) is 2. The van der Waals surface area contributed by atoms with E-state index in [-0.39, 0.29) is 24.5 Å². The maximum atomic E-state index is 13.1. The Morgan fingerprint density at radius 2 is 1.88 bits per heavy atom. The molecule has 1 heterocycles. The molecule has 0 bridgehead atoms. The molecule has 0 radical (unpaired) electrons. The van der Waals surface area contributed by atoms with Crippen LogP contribution in [-0.2, 0) is 19.1 Å². The minimum absolute atomic E-state index is 0.216. The molecule has 3 rings (SSSR count). The van der Waals surface area contributed by atoms with E-state index in [1.807, 2.05) is 6.92 Å². The van der Waals surface area contributed by atoms with Crippen LogP contribution in [0.4, 0.5) is 10.5 Å². The van der Waals surface area contributed by atoms with E-state index >= 15 is 0 Å². The van der Waals surface area contributed by atoms with Crippen molar-refractivity contribution < 1.29 is 28.7 Å². The average molecular weight is 566 g/mol. The highest BCUT2D eigenvalue weighted by atomic mass is 79.9. The number of rotatable bonds is 6. The zero-order valence-corrected chi connectivity index (χ0v) is 20.3. The minimum atomic E-state index is -0.841. The number of anilines is 1. The smallest absolute Gasteiger partial charge is 0.344 e. The Labute approximate surface area is 200 Å². The fraction of sp³-hybridized carbons (Fsp3) is 0.182. The first kappa shape index (κ1) is 23.7. The Bertz CT molecular complexity index is 1150. The molecule has 8 nitrogen and oxygen atoms in total. The summed E-state index contributed by atoms with van der Waals surface area (Å²) in [6.45, 7) is 3.37. The zero-order chi connectivity index (χ0) is 23.4. The number of esters is 1. The molecule has 0 saturated carbocycles. The van der Waals surface area contributed by atoms with E-state index in [4.69, 9.17) is 9.47 Å². The summed E-state index contributed by atoms with van der Waals surface area (Å²) in [4.78, 5) is 50.6. The Balaban J connectivity index is 1.98. The van der Waals surface area contributed by atoms with Crippen molar-refractivity contribution in [3.8, 4) is 5.75 Å². The van der Waals surface area contributed by atoms with Gasteiger partial charge in [-0.2, -0.15) is 0 Å². The molecule has 0 spiro atoms. The summed E-state index contributed by atoms with van der Waals surface area (Å²) in [5, 5.41) is 2.18. The van der Waals surface area contributed by atoms with Crippen LogP contribution in [0, 0.1) is 6.92 Å². The molecule has 4 amide bonds. The minimum Gasteiger partial charge on any atom is -0.481 e. The summed E-state index contributed by atoms with van der Waals surface area (Å²) >= 11 is 6.72. The van der Waals surface area contributed by atoms with Crippen molar-refractivity contribution in [3.05, 3.63) is 62.0 Å². The fourth-order valence-electron chi connectivity index (χ4n) is 2.92. The van der Waals surface area contributed by atoms with Crippen molar-refractivity contribution >= 4 is 67.4 Å². The summed E-state index contributed by atoms with van der Waals surface area (Å²) in [6.07, 6.45) is 1.31. The number of urea groups is 1. The maximum Gasteiger partial charge on any atom is 0.344 e. The number of halogens is 2. The van der Waals surface area contributed by atoms with Crippen molar-refractivity contribution in [3.63, 3.8) is 0 Å². The van der Waals surface area contributed by atoms with Crippen molar-refractivity contribution in [2.45, 2.75) is 13.8 Å². The predicted octanol–water partition coefficient (Wildman–Crippen LogP) is 4.13. The molecule has 1 saturated heterocycles. The molecular formula is C22H18Br2N2O6. The quantitative estimate of drug-likeness (QED) is 0.321. The molecule has 1 N–H and O–H groups in total. The predicted molar refractivity (Wildman–Crippen MR) is 124 cm³/mol. The second kappa shape index (κ2) is 10.1. The lowest BCUT2D eigenvalue weighted by atomic mass is 10.1. The molecule has 2 aromatic carbocycles. The molecule has 1 aliphatic rings. The van der Waals surface area contributed by atoms with E-state index in [0.717, 1.165) is 14.9 Å². The first-order valence-electron chi connectivity index (χ1n) is 9.46. The Kier molecular flexibility index (Phi) is 7.47. The summed E-state index contributed by atoms with van der Waals surface area (Å²) < 4.78 is 11.8. The van der Waals surface area contributed by atoms with Crippen LogP contribution in [0.15, 0.2) is 50.9 Å². The zero-order valence-electron chi connectivity index (χ0n) is 17.1. The average Bonchev–Trinajstić information content (AvgIpc) is 2.73. The van der Waals surface area contributed by atoms with Crippen LogP contribution in [0.3, 0.4) is 0 Å². The van der Waals surface area contributed by atoms with Crippen LogP contribution in [0.1, 0.15) is 18.1 Å². The summed E-state index contributed by atoms with van der Waals surface area (Å²) in [5.74, 6) is -1.90. The molecule has 0 unspecified atom stereocenters. The van der Waals surface area contributed by atoms with Crippen LogP contribution >= 0.6 is 31.9 Å². The van der Waals surface area contributed by atoms with Crippen molar-refractivity contribution in [2.75, 3.05) is 18.1 Å². The van der Waals surface area contributed by atoms with Gasteiger partial charge in [0.25, 0.3) is 11.8 Å². The number of aryl methyl sites for hydroxylation is 1. The lowest BCUT2D eigenvalue weighted by molar-refractivity contribution is -0.145. The van der Waals surface area contributed by atoms with Gasteiger partial charge in [-0.3, -0.25) is 14.9 Å². The van der Waals surface area contributed by atoms with E-state index in [0.29, 0.717) is 15.7 Å². The molecule has 0 atom stereocenters. The third-order valence-electron chi connectivity index (χ3n) is 4.42. The van der Waals surface area contributed by atoms with Gasteiger partial charge in [-0.15, -0.1) is 0 Å². The number of carbonyl (C=O) groups excluding carboxylic acids is 4. The first-order chi connectivity index (χ1) is 15.2. The number of benzene rings is 2. The number of nitrogens with zero attached hydrogens (tertiary/aromatic N) is 1. The molecule has 0 aliphatic carbocycles. The Morgan fingerprint density at radius 1 is 1.12 bits per heavy atom. The van der Waals surface area contributed by atoms with Gasteiger partial charge in [-0.25, -0.2) is 14.5 Å². The molecule has 166 valence electrons. The van der Waals surface area contributed by atoms with Crippen LogP contribution < -0.4 is 15.0 Å². The van der Waals surface area contributed by atoms with E-state index < -0.39 is 23.8 Å². The SMILES string of the molecule is CCOC(=O)COc1ccc(Br)cc1/C=C1\C(=O)NC(=O)N(c2ccc(Br)c(C)c2)C1=O. The van der Waals surface area contributed by atoms with Gasteiger partial charge in [0.05, 0.1) is 12.3 Å². The number of nitrogens with one attached hydrogen (secondary N) is 1. The van der Waals surface area contributed by atoms with Gasteiger partial charge in [-0.05, 0) is 61.9 Å². The Hall–Kier alpha value is -2.98. The van der Waals surface area contributed by atoms with E-state index in [1.165, 1.54) is 6.08 Å². The van der Waals surface area contributed by atoms with E-state index in [9.17, 15) is 19.2 Å². The number of imide groups is 2. The highest BCUT2D eigenvalue weighted by Gasteiger charge is 2.37. The third-order valence-corrected chi connectivity index (χ3v) is 5.81. The van der Waals surface area contributed by atoms with E-state index in [2.05, 4.69) is 37.2 Å². The van der Waals surface area contributed by atoms with Crippen molar-refractivity contribution in [2.24, 2.45) is 0 Å². The van der Waals surface area contributed by atoms with Crippen molar-refractivity contribution in [1.29, 1.82) is 0 Å². The lowest BCUT2D eigenvalue weighted by Crippen LogP contribution is -2.54. The van der Waals surface area contributed by atoms with Crippen molar-refractivity contribution in [1.82, 2.24) is 5.32 Å². The molecule has 1 fully saturated rings. The standard InChI is InChI=1S/C22H18Br2N2O6/c1-3-31-19(27)11-32-18-7-4-14(23)9-13(18)10-16-20(28)25-22(30)26(21(16)29)15-5-6-17(24)12(2)8-15/h4-10H,3,11H2,1-2H3,(H,25,28,30)/b16-10+. The molecule has 32 heavy (non-hydrogen) atoms. The summed E-state index contributed by atoms with van der Waals surface area (Å²) in [5.41, 5.74) is 1.24. The first-order valence-corrected chi connectivity index (χ1v) is 11.1. The number of carbonyl (C=O) groups is 4. The number of hydrogen-bond acceptors (Lipinski definition) is 6. The second-order valence-electron chi connectivity index (χ2n) is 6.67. The molecular weight excluding hydrogens is 548 g/mol. The van der Waals surface area contributed by atoms with Crippen LogP contribution in [0.2, 0.25) is 0 Å². The summed E-state index contributed by atoms with van der Waals surface area (Å²) in [7, 11) is 0. The third kappa shape index (κ3) is 5.25. The van der Waals surface area contributed by atoms with Gasteiger partial charge in [0.2, 0.25) is 0 Å². The molecule has 0 aromatic heterocycles. The highest BCUT2D eigenvalue weighted by Crippen LogP contribution is 2.29. The summed E-state index contributed by atoms with van der Waals surface area (Å²) in [6, 6.07) is 9.01. The maximum absolute atomic E-state index is 13.1. The van der Waals surface area contributed by atoms with Gasteiger partial charge in [0.1, 0.15) is 11.3 Å². The monoisotopic (exact) mass is 564 g/mol. The van der Waals surface area contributed by atoms with Crippen LogP contribution in [-0.4, -0.2) is 37.0 Å². The highest BCUT2D eigenvalue weighted by molar-refractivity contribution is 9.10. The van der Waals surface area contributed by atoms with Gasteiger partial charge in [-0.1, -0.05) is 31.9 Å². The van der Waals surface area contributed by atoms with E-state index in [1.54, 1.807) is 43.3 Å². The van der Waals surface area contributed by atoms with Gasteiger partial charge < -0.3 is 9.47 Å². The second-order valence-corrected chi connectivity index (χ2v) is 8.44. The van der Waals surface area contributed by atoms with Crippen LogP contribution in [0.5, 0.6) is 5.75 Å². The Morgan fingerprint density at radius 3 is 2.56 bits per heavy atom. The topological polar surface area (TPSA) is 102 Å². The largest absolute Gasteiger partial charge is 0.481 e. The van der Waals surface area contributed by atoms with Gasteiger partial charge in [0.15, 0.2) is 6.61 Å². The number of barbiturate groups is 1. The molecule has 10 heteroatoms. The van der Waals surface area contributed by atoms with Gasteiger partial charge >= 0.3 is 12.0 Å². The fourth-order valence-corrected chi connectivity index (χ4v) is 3.54. The number of hydrogen-bond donors (Lipinski definition) is 1. The lowest BCUT2D eigenvalue weighted by Gasteiger charge is -2.27. The van der Waals surface area contributed by atoms with Crippen LogP contribution in [0.25, 0.3) is 6.08 Å². The molecule has 1 aliphatic heterocycles. The van der Waals surface area contributed by atoms with Gasteiger partial charge in [0, 0.05) is 14.5 Å². The number of amides is 4. The molecule has 2 aromatic rings. The normalized spacial score (nSPS) is 15.1.